The van der Waals surface area contributed by atoms with Crippen molar-refractivity contribution >= 4 is 11.3 Å². The van der Waals surface area contributed by atoms with Crippen LogP contribution in [0.3, 0.4) is 0 Å². The van der Waals surface area contributed by atoms with Crippen molar-refractivity contribution in [3.05, 3.63) is 58.3 Å². The maximum Gasteiger partial charge on any atom is 0.0852 e. The number of thiophene rings is 1. The van der Waals surface area contributed by atoms with Crippen LogP contribution in [-0.4, -0.2) is 6.04 Å². The van der Waals surface area contributed by atoms with Crippen LogP contribution in [0.5, 0.6) is 0 Å². The van der Waals surface area contributed by atoms with Gasteiger partial charge in [-0.15, -0.1) is 11.3 Å². The smallest absolute Gasteiger partial charge is 0.0852 e. The predicted molar refractivity (Wildman–Crippen MR) is 82.6 cm³/mol. The number of nitrogens with one attached hydrogen (secondary N) is 1. The van der Waals surface area contributed by atoms with Gasteiger partial charge in [-0.25, -0.2) is 0 Å². The van der Waals surface area contributed by atoms with Crippen LogP contribution in [0.15, 0.2) is 47.8 Å². The highest BCUT2D eigenvalue weighted by atomic mass is 32.1. The first-order valence-corrected chi connectivity index (χ1v) is 7.88. The second kappa shape index (κ2) is 5.40. The average molecular weight is 282 g/mol. The molecule has 0 radical (unpaired) electrons. The molecule has 1 heterocycles. The molecule has 20 heavy (non-hydrogen) atoms. The fourth-order valence-electron chi connectivity index (χ4n) is 3.02. The van der Waals surface area contributed by atoms with Crippen LogP contribution in [0.1, 0.15) is 36.2 Å². The Labute approximate surface area is 124 Å². The van der Waals surface area contributed by atoms with Crippen LogP contribution < -0.4 is 5.32 Å². The maximum atomic E-state index is 9.55. The summed E-state index contributed by atoms with van der Waals surface area (Å²) in [5.74, 6) is 0. The minimum Gasteiger partial charge on any atom is -0.307 e. The largest absolute Gasteiger partial charge is 0.307 e. The minimum atomic E-state index is -0.284. The number of nitrogens with zero attached hydrogens (tertiary/aromatic N) is 1. The predicted octanol–water partition coefficient (Wildman–Crippen LogP) is 4.02. The van der Waals surface area contributed by atoms with Crippen molar-refractivity contribution in [2.45, 2.75) is 37.3 Å². The molecule has 0 saturated heterocycles. The summed E-state index contributed by atoms with van der Waals surface area (Å²) in [4.78, 5) is 1.36. The van der Waals surface area contributed by atoms with Crippen LogP contribution in [0.25, 0.3) is 0 Å². The number of hydrogen-bond donors (Lipinski definition) is 1. The van der Waals surface area contributed by atoms with E-state index in [-0.39, 0.29) is 5.41 Å². The Hall–Kier alpha value is -1.63. The fraction of sp³-hybridized carbons (Fsp3) is 0.353. The molecular weight excluding hydrogens is 264 g/mol. The van der Waals surface area contributed by atoms with Crippen molar-refractivity contribution in [1.29, 1.82) is 5.26 Å². The molecule has 3 rings (SSSR count). The topological polar surface area (TPSA) is 35.8 Å². The molecule has 1 fully saturated rings. The zero-order valence-corrected chi connectivity index (χ0v) is 12.4. The molecule has 2 aromatic rings. The molecule has 102 valence electrons. The Morgan fingerprint density at radius 1 is 1.25 bits per heavy atom. The number of rotatable bonds is 4. The lowest BCUT2D eigenvalue weighted by molar-refractivity contribution is 0.213. The highest BCUT2D eigenvalue weighted by molar-refractivity contribution is 7.10. The quantitative estimate of drug-likeness (QED) is 0.919. The van der Waals surface area contributed by atoms with E-state index >= 15 is 0 Å². The van der Waals surface area contributed by atoms with Crippen LogP contribution in [0.4, 0.5) is 0 Å². The van der Waals surface area contributed by atoms with Gasteiger partial charge in [-0.2, -0.15) is 5.26 Å². The van der Waals surface area contributed by atoms with Gasteiger partial charge in [0.25, 0.3) is 0 Å². The van der Waals surface area contributed by atoms with E-state index in [1.54, 1.807) is 11.3 Å². The lowest BCUT2D eigenvalue weighted by Crippen LogP contribution is -2.51. The summed E-state index contributed by atoms with van der Waals surface area (Å²) in [7, 11) is 0. The molecule has 0 amide bonds. The Morgan fingerprint density at radius 3 is 2.60 bits per heavy atom. The zero-order valence-electron chi connectivity index (χ0n) is 11.5. The van der Waals surface area contributed by atoms with Crippen molar-refractivity contribution in [1.82, 2.24) is 5.32 Å². The van der Waals surface area contributed by atoms with E-state index in [1.165, 1.54) is 4.88 Å². The molecule has 1 aromatic carbocycles. The second-order valence-electron chi connectivity index (χ2n) is 5.57. The van der Waals surface area contributed by atoms with E-state index in [1.807, 2.05) is 18.2 Å². The van der Waals surface area contributed by atoms with Gasteiger partial charge in [0.15, 0.2) is 0 Å². The lowest BCUT2D eigenvalue weighted by Gasteiger charge is -2.44. The van der Waals surface area contributed by atoms with Gasteiger partial charge in [0.05, 0.1) is 11.5 Å². The molecule has 1 atom stereocenters. The van der Waals surface area contributed by atoms with Gasteiger partial charge in [0, 0.05) is 17.0 Å². The van der Waals surface area contributed by atoms with Gasteiger partial charge in [0.2, 0.25) is 0 Å². The Bertz CT molecular complexity index is 592. The van der Waals surface area contributed by atoms with Gasteiger partial charge >= 0.3 is 0 Å². The SMILES string of the molecule is C[C@H](NC1CC(C#N)(c2ccccc2)C1)c1cccs1. The minimum absolute atomic E-state index is 0.284. The molecule has 1 aliphatic carbocycles. The molecule has 3 heteroatoms. The van der Waals surface area contributed by atoms with Crippen molar-refractivity contribution in [2.24, 2.45) is 0 Å². The van der Waals surface area contributed by atoms with Gasteiger partial charge in [-0.1, -0.05) is 36.4 Å². The Morgan fingerprint density at radius 2 is 2.00 bits per heavy atom. The number of nitriles is 1. The summed E-state index contributed by atoms with van der Waals surface area (Å²) in [6.45, 7) is 2.20. The molecule has 1 N–H and O–H groups in total. The Balaban J connectivity index is 1.64. The van der Waals surface area contributed by atoms with E-state index in [0.29, 0.717) is 12.1 Å². The van der Waals surface area contributed by atoms with Crippen molar-refractivity contribution < 1.29 is 0 Å². The number of hydrogen-bond acceptors (Lipinski definition) is 3. The monoisotopic (exact) mass is 282 g/mol. The number of benzene rings is 1. The van der Waals surface area contributed by atoms with E-state index in [2.05, 4.69) is 48.0 Å². The molecule has 0 spiro atoms. The third-order valence-corrected chi connectivity index (χ3v) is 5.24. The first-order valence-electron chi connectivity index (χ1n) is 7.00. The molecule has 0 bridgehead atoms. The third-order valence-electron chi connectivity index (χ3n) is 4.19. The first-order chi connectivity index (χ1) is 9.73. The van der Waals surface area contributed by atoms with Crippen LogP contribution >= 0.6 is 11.3 Å². The van der Waals surface area contributed by atoms with Crippen molar-refractivity contribution in [2.75, 3.05) is 0 Å². The molecule has 1 aliphatic rings. The van der Waals surface area contributed by atoms with Crippen LogP contribution in [-0.2, 0) is 5.41 Å². The van der Waals surface area contributed by atoms with Crippen LogP contribution in [0.2, 0.25) is 0 Å². The highest BCUT2D eigenvalue weighted by Crippen LogP contribution is 2.44. The van der Waals surface area contributed by atoms with E-state index in [0.717, 1.165) is 18.4 Å². The summed E-state index contributed by atoms with van der Waals surface area (Å²) in [6.07, 6.45) is 1.81. The van der Waals surface area contributed by atoms with Crippen molar-refractivity contribution in [3.63, 3.8) is 0 Å². The summed E-state index contributed by atoms with van der Waals surface area (Å²) >= 11 is 1.78. The summed E-state index contributed by atoms with van der Waals surface area (Å²) in [5.41, 5.74) is 0.873. The third kappa shape index (κ3) is 2.37. The van der Waals surface area contributed by atoms with Crippen LogP contribution in [0, 0.1) is 11.3 Å². The molecular formula is C17H18N2S. The zero-order chi connectivity index (χ0) is 14.0. The van der Waals surface area contributed by atoms with E-state index in [4.69, 9.17) is 0 Å². The summed E-state index contributed by atoms with van der Waals surface area (Å²) in [6, 6.07) is 17.8. The summed E-state index contributed by atoms with van der Waals surface area (Å²) < 4.78 is 0. The van der Waals surface area contributed by atoms with Gasteiger partial charge in [0.1, 0.15) is 0 Å². The molecule has 1 aromatic heterocycles. The van der Waals surface area contributed by atoms with E-state index in [9.17, 15) is 5.26 Å². The second-order valence-corrected chi connectivity index (χ2v) is 6.55. The maximum absolute atomic E-state index is 9.55. The first kappa shape index (κ1) is 13.4. The Kier molecular flexibility index (Phi) is 3.60. The van der Waals surface area contributed by atoms with Gasteiger partial charge < -0.3 is 5.32 Å². The van der Waals surface area contributed by atoms with E-state index < -0.39 is 0 Å². The summed E-state index contributed by atoms with van der Waals surface area (Å²) in [5, 5.41) is 15.3. The van der Waals surface area contributed by atoms with Crippen molar-refractivity contribution in [3.8, 4) is 6.07 Å². The highest BCUT2D eigenvalue weighted by Gasteiger charge is 2.46. The van der Waals surface area contributed by atoms with Gasteiger partial charge in [-0.05, 0) is 36.8 Å². The molecule has 0 unspecified atom stereocenters. The lowest BCUT2D eigenvalue weighted by atomic mass is 9.62. The normalized spacial score (nSPS) is 26.5. The van der Waals surface area contributed by atoms with Gasteiger partial charge in [-0.3, -0.25) is 0 Å². The standard InChI is InChI=1S/C17H18N2S/c1-13(16-8-5-9-20-16)19-15-10-17(11-15,12-18)14-6-3-2-4-7-14/h2-9,13,15,19H,10-11H2,1H3/t13-,15?,17?/m0/s1. The molecule has 2 nitrogen and oxygen atoms in total. The average Bonchev–Trinajstić information content (AvgIpc) is 2.97. The molecule has 1 saturated carbocycles. The molecule has 0 aliphatic heterocycles. The fourth-order valence-corrected chi connectivity index (χ4v) is 3.76.